The van der Waals surface area contributed by atoms with Crippen LogP contribution in [0.5, 0.6) is 0 Å². The third-order valence-corrected chi connectivity index (χ3v) is 1.98. The lowest BCUT2D eigenvalue weighted by atomic mass is 10.1. The van der Waals surface area contributed by atoms with E-state index in [9.17, 15) is 0 Å². The molecule has 52 valence electrons. The van der Waals surface area contributed by atoms with Crippen molar-refractivity contribution < 1.29 is 0 Å². The first-order valence-electron chi connectivity index (χ1n) is 4.07. The molecule has 0 N–H and O–H groups in total. The summed E-state index contributed by atoms with van der Waals surface area (Å²) in [5.41, 5.74) is 1.71. The first-order valence-corrected chi connectivity index (χ1v) is 4.07. The summed E-state index contributed by atoms with van der Waals surface area (Å²) in [6.07, 6.45) is 7.81. The SMILES string of the molecule is CCC=C(CC)C1CC1. The second-order valence-electron chi connectivity index (χ2n) is 2.82. The van der Waals surface area contributed by atoms with Crippen molar-refractivity contribution in [2.75, 3.05) is 0 Å². The highest BCUT2D eigenvalue weighted by Gasteiger charge is 2.23. The molecule has 0 aromatic heterocycles. The second kappa shape index (κ2) is 3.05. The van der Waals surface area contributed by atoms with Gasteiger partial charge in [0.2, 0.25) is 0 Å². The molecular formula is C9H16. The Hall–Kier alpha value is -0.260. The van der Waals surface area contributed by atoms with Crippen LogP contribution in [0, 0.1) is 5.92 Å². The Morgan fingerprint density at radius 1 is 1.44 bits per heavy atom. The molecule has 0 aliphatic heterocycles. The molecule has 0 heteroatoms. The predicted octanol–water partition coefficient (Wildman–Crippen LogP) is 3.14. The molecule has 0 amide bonds. The Kier molecular flexibility index (Phi) is 2.32. The smallest absolute Gasteiger partial charge is 0.0203 e. The minimum Gasteiger partial charge on any atom is -0.0853 e. The maximum Gasteiger partial charge on any atom is -0.0203 e. The zero-order valence-corrected chi connectivity index (χ0v) is 6.48. The van der Waals surface area contributed by atoms with E-state index in [0.29, 0.717) is 0 Å². The fourth-order valence-corrected chi connectivity index (χ4v) is 1.32. The summed E-state index contributed by atoms with van der Waals surface area (Å²) in [5, 5.41) is 0. The van der Waals surface area contributed by atoms with Gasteiger partial charge in [0.15, 0.2) is 0 Å². The van der Waals surface area contributed by atoms with Crippen LogP contribution < -0.4 is 0 Å². The zero-order valence-electron chi connectivity index (χ0n) is 6.48. The first-order chi connectivity index (χ1) is 4.38. The summed E-state index contributed by atoms with van der Waals surface area (Å²) in [5.74, 6) is 0.995. The Bertz CT molecular complexity index is 107. The van der Waals surface area contributed by atoms with Crippen LogP contribution in [0.25, 0.3) is 0 Å². The molecule has 1 aliphatic rings. The van der Waals surface area contributed by atoms with Crippen LogP contribution in [-0.2, 0) is 0 Å². The molecule has 0 bridgehead atoms. The zero-order chi connectivity index (χ0) is 6.69. The lowest BCUT2D eigenvalue weighted by Crippen LogP contribution is -1.81. The summed E-state index contributed by atoms with van der Waals surface area (Å²) < 4.78 is 0. The van der Waals surface area contributed by atoms with E-state index in [1.54, 1.807) is 5.57 Å². The van der Waals surface area contributed by atoms with Gasteiger partial charge in [0.1, 0.15) is 0 Å². The quantitative estimate of drug-likeness (QED) is 0.507. The Labute approximate surface area is 58.0 Å². The summed E-state index contributed by atoms with van der Waals surface area (Å²) in [6, 6.07) is 0. The van der Waals surface area contributed by atoms with Crippen LogP contribution in [-0.4, -0.2) is 0 Å². The number of rotatable bonds is 3. The monoisotopic (exact) mass is 124 g/mol. The molecule has 0 atom stereocenters. The van der Waals surface area contributed by atoms with E-state index in [1.165, 1.54) is 25.7 Å². The van der Waals surface area contributed by atoms with Crippen LogP contribution in [0.4, 0.5) is 0 Å². The van der Waals surface area contributed by atoms with E-state index in [0.717, 1.165) is 5.92 Å². The third-order valence-electron chi connectivity index (χ3n) is 1.98. The fourth-order valence-electron chi connectivity index (χ4n) is 1.32. The average Bonchev–Trinajstić information content (AvgIpc) is 2.64. The number of allylic oxidation sites excluding steroid dienone is 2. The molecule has 1 saturated carbocycles. The molecule has 9 heavy (non-hydrogen) atoms. The van der Waals surface area contributed by atoms with Gasteiger partial charge in [-0.05, 0) is 31.6 Å². The van der Waals surface area contributed by atoms with Crippen molar-refractivity contribution in [1.82, 2.24) is 0 Å². The standard InChI is InChI=1S/C9H16/c1-3-5-8(4-2)9-6-7-9/h5,9H,3-4,6-7H2,1-2H3. The van der Waals surface area contributed by atoms with E-state index in [2.05, 4.69) is 19.9 Å². The van der Waals surface area contributed by atoms with Gasteiger partial charge < -0.3 is 0 Å². The number of hydrogen-bond acceptors (Lipinski definition) is 0. The van der Waals surface area contributed by atoms with E-state index in [1.807, 2.05) is 0 Å². The normalized spacial score (nSPS) is 20.4. The van der Waals surface area contributed by atoms with Crippen molar-refractivity contribution in [3.05, 3.63) is 11.6 Å². The highest BCUT2D eigenvalue weighted by molar-refractivity contribution is 5.11. The van der Waals surface area contributed by atoms with Crippen LogP contribution in [0.2, 0.25) is 0 Å². The Balaban J connectivity index is 2.37. The summed E-state index contributed by atoms with van der Waals surface area (Å²) in [4.78, 5) is 0. The van der Waals surface area contributed by atoms with Crippen LogP contribution >= 0.6 is 0 Å². The van der Waals surface area contributed by atoms with E-state index < -0.39 is 0 Å². The van der Waals surface area contributed by atoms with Gasteiger partial charge >= 0.3 is 0 Å². The molecule has 0 radical (unpaired) electrons. The van der Waals surface area contributed by atoms with Gasteiger partial charge in [0, 0.05) is 0 Å². The molecule has 1 fully saturated rings. The molecule has 1 rings (SSSR count). The fraction of sp³-hybridized carbons (Fsp3) is 0.778. The van der Waals surface area contributed by atoms with Gasteiger partial charge in [0.05, 0.1) is 0 Å². The van der Waals surface area contributed by atoms with Crippen molar-refractivity contribution >= 4 is 0 Å². The third kappa shape index (κ3) is 1.85. The van der Waals surface area contributed by atoms with E-state index in [4.69, 9.17) is 0 Å². The van der Waals surface area contributed by atoms with Gasteiger partial charge in [-0.15, -0.1) is 0 Å². The molecule has 1 aliphatic carbocycles. The maximum atomic E-state index is 2.40. The van der Waals surface area contributed by atoms with Crippen molar-refractivity contribution in [2.24, 2.45) is 5.92 Å². The van der Waals surface area contributed by atoms with Crippen molar-refractivity contribution in [2.45, 2.75) is 39.5 Å². The summed E-state index contributed by atoms with van der Waals surface area (Å²) in [7, 11) is 0. The average molecular weight is 124 g/mol. The molecular weight excluding hydrogens is 108 g/mol. The topological polar surface area (TPSA) is 0 Å². The van der Waals surface area contributed by atoms with Crippen LogP contribution in [0.3, 0.4) is 0 Å². The minimum absolute atomic E-state index is 0.995. The maximum absolute atomic E-state index is 2.40. The van der Waals surface area contributed by atoms with Gasteiger partial charge in [0.25, 0.3) is 0 Å². The molecule has 0 spiro atoms. The van der Waals surface area contributed by atoms with E-state index >= 15 is 0 Å². The summed E-state index contributed by atoms with van der Waals surface area (Å²) in [6.45, 7) is 4.48. The molecule has 0 unspecified atom stereocenters. The molecule has 0 nitrogen and oxygen atoms in total. The van der Waals surface area contributed by atoms with Crippen LogP contribution in [0.1, 0.15) is 39.5 Å². The Morgan fingerprint density at radius 2 is 2.11 bits per heavy atom. The van der Waals surface area contributed by atoms with Gasteiger partial charge in [-0.2, -0.15) is 0 Å². The van der Waals surface area contributed by atoms with Gasteiger partial charge in [-0.3, -0.25) is 0 Å². The highest BCUT2D eigenvalue weighted by atomic mass is 14.3. The van der Waals surface area contributed by atoms with Crippen molar-refractivity contribution in [3.8, 4) is 0 Å². The lowest BCUT2D eigenvalue weighted by molar-refractivity contribution is 0.895. The van der Waals surface area contributed by atoms with E-state index in [-0.39, 0.29) is 0 Å². The van der Waals surface area contributed by atoms with Crippen LogP contribution in [0.15, 0.2) is 11.6 Å². The van der Waals surface area contributed by atoms with Gasteiger partial charge in [-0.25, -0.2) is 0 Å². The molecule has 0 heterocycles. The predicted molar refractivity (Wildman–Crippen MR) is 41.4 cm³/mol. The first kappa shape index (κ1) is 6.85. The lowest BCUT2D eigenvalue weighted by Gasteiger charge is -1.98. The largest absolute Gasteiger partial charge is 0.0853 e. The van der Waals surface area contributed by atoms with Gasteiger partial charge in [-0.1, -0.05) is 25.5 Å². The minimum atomic E-state index is 0.995. The molecule has 0 aromatic carbocycles. The van der Waals surface area contributed by atoms with Crippen molar-refractivity contribution in [1.29, 1.82) is 0 Å². The highest BCUT2D eigenvalue weighted by Crippen LogP contribution is 2.37. The van der Waals surface area contributed by atoms with Crippen molar-refractivity contribution in [3.63, 3.8) is 0 Å². The summed E-state index contributed by atoms with van der Waals surface area (Å²) >= 11 is 0. The second-order valence-corrected chi connectivity index (χ2v) is 2.82. The number of hydrogen-bond donors (Lipinski definition) is 0. The Morgan fingerprint density at radius 3 is 2.44 bits per heavy atom. The molecule has 0 saturated heterocycles. The molecule has 0 aromatic rings.